The number of carbonyl (C=O) groups is 2. The summed E-state index contributed by atoms with van der Waals surface area (Å²) in [7, 11) is 1.50. The molecule has 1 aromatic heterocycles. The molecule has 3 aliphatic rings. The first-order chi connectivity index (χ1) is 18.2. The first-order valence-electron chi connectivity index (χ1n) is 12.5. The van der Waals surface area contributed by atoms with E-state index in [1.807, 2.05) is 18.2 Å². The Bertz CT molecular complexity index is 1290. The Morgan fingerprint density at radius 1 is 1.21 bits per heavy atom. The predicted molar refractivity (Wildman–Crippen MR) is 134 cm³/mol. The van der Waals surface area contributed by atoms with Gasteiger partial charge in [-0.25, -0.2) is 18.7 Å². The van der Waals surface area contributed by atoms with Gasteiger partial charge in [0.1, 0.15) is 17.9 Å². The normalized spacial score (nSPS) is 24.3. The largest absolute Gasteiger partial charge is 0.491 e. The van der Waals surface area contributed by atoms with E-state index < -0.39 is 17.4 Å². The smallest absolute Gasteiger partial charge is 0.316 e. The van der Waals surface area contributed by atoms with Crippen LogP contribution in [0.25, 0.3) is 11.1 Å². The van der Waals surface area contributed by atoms with Crippen LogP contribution in [0.2, 0.25) is 0 Å². The van der Waals surface area contributed by atoms with E-state index in [1.165, 1.54) is 25.5 Å². The van der Waals surface area contributed by atoms with Crippen molar-refractivity contribution < 1.29 is 27.8 Å². The van der Waals surface area contributed by atoms with Crippen LogP contribution in [-0.4, -0.2) is 53.0 Å². The molecule has 3 heterocycles. The van der Waals surface area contributed by atoms with Crippen LogP contribution >= 0.6 is 0 Å². The lowest BCUT2D eigenvalue weighted by molar-refractivity contribution is -0.127. The third-order valence-corrected chi connectivity index (χ3v) is 7.50. The van der Waals surface area contributed by atoms with Crippen LogP contribution in [0.4, 0.5) is 8.78 Å². The van der Waals surface area contributed by atoms with Gasteiger partial charge in [-0.3, -0.25) is 9.59 Å². The molecule has 1 saturated carbocycles. The Kier molecular flexibility index (Phi) is 6.77. The van der Waals surface area contributed by atoms with E-state index in [0.29, 0.717) is 12.0 Å². The SMILES string of the molecule is COc1ncc(-c2cccc3c2C[C@H](NC(=O)C2=CNC(C(N)=O)(C4CCC(F)(F)CC4)C=C2)CO3)cn1. The molecule has 9 nitrogen and oxygen atoms in total. The maximum absolute atomic E-state index is 13.7. The highest BCUT2D eigenvalue weighted by Gasteiger charge is 2.47. The molecule has 1 unspecified atom stereocenters. The number of dihydropyridines is 1. The molecule has 1 aliphatic carbocycles. The number of hydrogen-bond acceptors (Lipinski definition) is 7. The number of ether oxygens (including phenoxy) is 2. The Hall–Kier alpha value is -4.02. The second-order valence-electron chi connectivity index (χ2n) is 9.87. The summed E-state index contributed by atoms with van der Waals surface area (Å²) in [5.74, 6) is -3.40. The van der Waals surface area contributed by atoms with Crippen molar-refractivity contribution in [3.05, 3.63) is 60.1 Å². The molecule has 38 heavy (non-hydrogen) atoms. The molecule has 0 saturated heterocycles. The molecule has 0 radical (unpaired) electrons. The molecule has 0 bridgehead atoms. The molecule has 11 heteroatoms. The van der Waals surface area contributed by atoms with Crippen molar-refractivity contribution in [3.63, 3.8) is 0 Å². The molecule has 2 aromatic rings. The zero-order valence-corrected chi connectivity index (χ0v) is 20.9. The standard InChI is InChI=1S/C27H29F2N5O4/c1-37-25-31-12-17(13-32-25)20-3-2-4-22-21(20)11-19(15-38-22)34-23(35)16-5-10-27(24(30)36,33-14-16)18-6-8-26(28,29)9-7-18/h2-5,10,12-14,18-19,33H,6-9,11,15H2,1H3,(H2,30,36)(H,34,35)/t19-,27?/m0/s1. The fourth-order valence-corrected chi connectivity index (χ4v) is 5.36. The quantitative estimate of drug-likeness (QED) is 0.529. The van der Waals surface area contributed by atoms with E-state index in [4.69, 9.17) is 15.2 Å². The minimum Gasteiger partial charge on any atom is -0.491 e. The Morgan fingerprint density at radius 3 is 2.58 bits per heavy atom. The van der Waals surface area contributed by atoms with Gasteiger partial charge in [0.05, 0.1) is 18.7 Å². The number of nitrogens with one attached hydrogen (secondary N) is 2. The van der Waals surface area contributed by atoms with Gasteiger partial charge >= 0.3 is 6.01 Å². The second kappa shape index (κ2) is 10.0. The minimum absolute atomic E-state index is 0.156. The number of fused-ring (bicyclic) bond motifs is 1. The molecule has 0 spiro atoms. The van der Waals surface area contributed by atoms with Crippen LogP contribution in [0.1, 0.15) is 31.2 Å². The molecule has 2 amide bonds. The number of nitrogens with two attached hydrogens (primary N) is 1. The first-order valence-corrected chi connectivity index (χ1v) is 12.5. The van der Waals surface area contributed by atoms with Crippen LogP contribution in [0.15, 0.2) is 54.5 Å². The molecule has 2 aliphatic heterocycles. The van der Waals surface area contributed by atoms with Crippen molar-refractivity contribution in [3.8, 4) is 22.9 Å². The average Bonchev–Trinajstić information content (AvgIpc) is 2.92. The molecular weight excluding hydrogens is 496 g/mol. The van der Waals surface area contributed by atoms with Gasteiger partial charge in [-0.1, -0.05) is 12.1 Å². The molecule has 200 valence electrons. The van der Waals surface area contributed by atoms with Gasteiger partial charge in [-0.2, -0.15) is 0 Å². The second-order valence-corrected chi connectivity index (χ2v) is 9.87. The number of benzene rings is 1. The number of alkyl halides is 2. The van der Waals surface area contributed by atoms with Crippen LogP contribution in [0.3, 0.4) is 0 Å². The Morgan fingerprint density at radius 2 is 1.95 bits per heavy atom. The summed E-state index contributed by atoms with van der Waals surface area (Å²) in [6.07, 6.45) is 8.08. The van der Waals surface area contributed by atoms with E-state index in [0.717, 1.165) is 22.4 Å². The zero-order chi connectivity index (χ0) is 26.9. The number of primary amides is 1. The third kappa shape index (κ3) is 4.92. The number of amides is 2. The number of nitrogens with zero attached hydrogens (tertiary/aromatic N) is 2. The number of rotatable bonds is 6. The number of aromatic nitrogens is 2. The summed E-state index contributed by atoms with van der Waals surface area (Å²) in [5, 5.41) is 5.95. The molecular formula is C27H29F2N5O4. The predicted octanol–water partition coefficient (Wildman–Crippen LogP) is 2.66. The summed E-state index contributed by atoms with van der Waals surface area (Å²) in [5.41, 5.74) is 7.30. The number of methoxy groups -OCH3 is 1. The number of halogens is 2. The van der Waals surface area contributed by atoms with E-state index in [-0.39, 0.29) is 56.2 Å². The first kappa shape index (κ1) is 25.6. The lowest BCUT2D eigenvalue weighted by atomic mass is 9.72. The van der Waals surface area contributed by atoms with E-state index in [1.54, 1.807) is 12.4 Å². The van der Waals surface area contributed by atoms with Crippen molar-refractivity contribution >= 4 is 11.8 Å². The molecule has 1 fully saturated rings. The summed E-state index contributed by atoms with van der Waals surface area (Å²) in [6, 6.07) is 5.66. The number of hydrogen-bond donors (Lipinski definition) is 3. The van der Waals surface area contributed by atoms with Gasteiger partial charge < -0.3 is 25.8 Å². The highest BCUT2D eigenvalue weighted by atomic mass is 19.3. The van der Waals surface area contributed by atoms with Gasteiger partial charge in [0.15, 0.2) is 0 Å². The monoisotopic (exact) mass is 525 g/mol. The maximum atomic E-state index is 13.7. The van der Waals surface area contributed by atoms with E-state index in [2.05, 4.69) is 20.6 Å². The van der Waals surface area contributed by atoms with Crippen molar-refractivity contribution in [2.45, 2.75) is 49.6 Å². The van der Waals surface area contributed by atoms with Gasteiger partial charge in [0, 0.05) is 49.0 Å². The number of carbonyl (C=O) groups excluding carboxylic acids is 2. The van der Waals surface area contributed by atoms with Gasteiger partial charge in [0.25, 0.3) is 5.91 Å². The minimum atomic E-state index is -2.73. The van der Waals surface area contributed by atoms with Gasteiger partial charge in [-0.05, 0) is 42.5 Å². The highest BCUT2D eigenvalue weighted by Crippen LogP contribution is 2.42. The molecule has 1 aromatic carbocycles. The van der Waals surface area contributed by atoms with Crippen LogP contribution in [0.5, 0.6) is 11.8 Å². The fourth-order valence-electron chi connectivity index (χ4n) is 5.36. The fraction of sp³-hybridized carbons (Fsp3) is 0.407. The summed E-state index contributed by atoms with van der Waals surface area (Å²) in [6.45, 7) is 0.285. The summed E-state index contributed by atoms with van der Waals surface area (Å²) < 4.78 is 38.3. The van der Waals surface area contributed by atoms with E-state index >= 15 is 0 Å². The molecule has 5 rings (SSSR count). The summed E-state index contributed by atoms with van der Waals surface area (Å²) in [4.78, 5) is 33.8. The van der Waals surface area contributed by atoms with Crippen LogP contribution in [-0.2, 0) is 16.0 Å². The topological polar surface area (TPSA) is 128 Å². The summed E-state index contributed by atoms with van der Waals surface area (Å²) >= 11 is 0. The molecule has 2 atom stereocenters. The van der Waals surface area contributed by atoms with Crippen molar-refractivity contribution in [1.82, 2.24) is 20.6 Å². The lowest BCUT2D eigenvalue weighted by Crippen LogP contribution is -2.59. The Balaban J connectivity index is 1.27. The third-order valence-electron chi connectivity index (χ3n) is 7.50. The molecule has 4 N–H and O–H groups in total. The van der Waals surface area contributed by atoms with Crippen molar-refractivity contribution in [2.75, 3.05) is 13.7 Å². The Labute approximate surface area is 218 Å². The van der Waals surface area contributed by atoms with Crippen molar-refractivity contribution in [1.29, 1.82) is 0 Å². The van der Waals surface area contributed by atoms with Crippen LogP contribution in [0, 0.1) is 5.92 Å². The van der Waals surface area contributed by atoms with Crippen molar-refractivity contribution in [2.24, 2.45) is 11.7 Å². The zero-order valence-electron chi connectivity index (χ0n) is 20.9. The maximum Gasteiger partial charge on any atom is 0.316 e. The highest BCUT2D eigenvalue weighted by molar-refractivity contribution is 5.98. The average molecular weight is 526 g/mol. The van der Waals surface area contributed by atoms with Gasteiger partial charge in [0.2, 0.25) is 11.8 Å². The van der Waals surface area contributed by atoms with E-state index in [9.17, 15) is 18.4 Å². The lowest BCUT2D eigenvalue weighted by Gasteiger charge is -2.41. The van der Waals surface area contributed by atoms with Crippen LogP contribution < -0.4 is 25.8 Å². The van der Waals surface area contributed by atoms with Gasteiger partial charge in [-0.15, -0.1) is 0 Å².